The molecule has 3 rings (SSSR count). The van der Waals surface area contributed by atoms with Crippen LogP contribution in [0.2, 0.25) is 0 Å². The number of hydrogen-bond donors (Lipinski definition) is 0. The van der Waals surface area contributed by atoms with Crippen molar-refractivity contribution < 1.29 is 14.3 Å². The summed E-state index contributed by atoms with van der Waals surface area (Å²) in [5.74, 6) is 0.00478. The van der Waals surface area contributed by atoms with Gasteiger partial charge in [0.2, 0.25) is 0 Å². The van der Waals surface area contributed by atoms with Crippen LogP contribution < -0.4 is 0 Å². The fourth-order valence-corrected chi connectivity index (χ4v) is 4.19. The molecular weight excluding hydrogens is 268 g/mol. The van der Waals surface area contributed by atoms with Crippen molar-refractivity contribution >= 4 is 12.0 Å². The van der Waals surface area contributed by atoms with Crippen LogP contribution >= 0.6 is 0 Å². The Morgan fingerprint density at radius 3 is 2.38 bits per heavy atom. The number of esters is 1. The smallest absolute Gasteiger partial charge is 0.319 e. The van der Waals surface area contributed by atoms with E-state index in [0.717, 1.165) is 45.2 Å². The summed E-state index contributed by atoms with van der Waals surface area (Å²) in [5.41, 5.74) is 0.135. The number of urea groups is 1. The summed E-state index contributed by atoms with van der Waals surface area (Å²) in [6.45, 7) is 1.56. The minimum Gasteiger partial charge on any atom is -0.469 e. The number of likely N-dealkylation sites (tertiary alicyclic amines) is 1. The highest BCUT2D eigenvalue weighted by Gasteiger charge is 2.59. The van der Waals surface area contributed by atoms with Gasteiger partial charge in [0.15, 0.2) is 0 Å². The van der Waals surface area contributed by atoms with Crippen LogP contribution in [0.25, 0.3) is 0 Å². The Kier molecular flexibility index (Phi) is 3.84. The van der Waals surface area contributed by atoms with Gasteiger partial charge in [-0.15, -0.1) is 0 Å². The first-order chi connectivity index (χ1) is 10.1. The Bertz CT molecular complexity index is 423. The average Bonchev–Trinajstić information content (AvgIpc) is 2.96. The predicted octanol–water partition coefficient (Wildman–Crippen LogP) is 2.26. The predicted molar refractivity (Wildman–Crippen MR) is 78.8 cm³/mol. The zero-order valence-corrected chi connectivity index (χ0v) is 13.1. The summed E-state index contributed by atoms with van der Waals surface area (Å²) in [7, 11) is 3.40. The van der Waals surface area contributed by atoms with Crippen molar-refractivity contribution in [1.82, 2.24) is 9.80 Å². The van der Waals surface area contributed by atoms with Gasteiger partial charge >= 0.3 is 12.0 Å². The maximum atomic E-state index is 12.5. The van der Waals surface area contributed by atoms with Gasteiger partial charge in [0, 0.05) is 26.2 Å². The van der Waals surface area contributed by atoms with E-state index in [2.05, 4.69) is 0 Å². The Morgan fingerprint density at radius 1 is 1.19 bits per heavy atom. The van der Waals surface area contributed by atoms with Crippen molar-refractivity contribution in [2.45, 2.75) is 51.0 Å². The van der Waals surface area contributed by atoms with Crippen LogP contribution in [-0.4, -0.2) is 55.1 Å². The molecule has 3 fully saturated rings. The van der Waals surface area contributed by atoms with E-state index >= 15 is 0 Å². The number of rotatable bonds is 2. The second-order valence-electron chi connectivity index (χ2n) is 6.96. The van der Waals surface area contributed by atoms with E-state index in [-0.39, 0.29) is 23.3 Å². The first-order valence-corrected chi connectivity index (χ1v) is 8.17. The fourth-order valence-electron chi connectivity index (χ4n) is 4.19. The number of amides is 2. The number of carbonyl (C=O) groups excluding carboxylic acids is 2. The molecule has 0 aromatic rings. The van der Waals surface area contributed by atoms with E-state index in [0.29, 0.717) is 6.04 Å². The molecule has 1 aliphatic heterocycles. The zero-order valence-electron chi connectivity index (χ0n) is 13.1. The third kappa shape index (κ3) is 2.62. The molecule has 0 bridgehead atoms. The van der Waals surface area contributed by atoms with E-state index in [1.165, 1.54) is 20.0 Å². The lowest BCUT2D eigenvalue weighted by Gasteiger charge is -2.37. The SMILES string of the molecule is COC(=O)[C@@H]1CC12CCN(C(=O)N(C)C1CCCC1)CC2. The molecule has 0 aromatic heterocycles. The maximum absolute atomic E-state index is 12.5. The minimum absolute atomic E-state index is 0.0714. The number of methoxy groups -OCH3 is 1. The molecular formula is C16H26N2O3. The molecule has 0 aromatic carbocycles. The molecule has 2 aliphatic carbocycles. The highest BCUT2D eigenvalue weighted by atomic mass is 16.5. The molecule has 1 atom stereocenters. The largest absolute Gasteiger partial charge is 0.469 e. The van der Waals surface area contributed by atoms with Gasteiger partial charge in [0.1, 0.15) is 0 Å². The highest BCUT2D eigenvalue weighted by Crippen LogP contribution is 2.59. The lowest BCUT2D eigenvalue weighted by molar-refractivity contribution is -0.143. The summed E-state index contributed by atoms with van der Waals surface area (Å²) < 4.78 is 4.85. The standard InChI is InChI=1S/C16H26N2O3/c1-17(12-5-3-4-6-12)15(20)18-9-7-16(8-10-18)11-13(16)14(19)21-2/h12-13H,3-11H2,1-2H3/t13-/m0/s1. The van der Waals surface area contributed by atoms with Crippen molar-refractivity contribution in [2.75, 3.05) is 27.2 Å². The van der Waals surface area contributed by atoms with Gasteiger partial charge in [0.25, 0.3) is 0 Å². The summed E-state index contributed by atoms with van der Waals surface area (Å²) in [5, 5.41) is 0. The lowest BCUT2D eigenvalue weighted by Crippen LogP contribution is -2.48. The van der Waals surface area contributed by atoms with Crippen LogP contribution in [0, 0.1) is 11.3 Å². The number of ether oxygens (including phenoxy) is 1. The van der Waals surface area contributed by atoms with Gasteiger partial charge in [-0.25, -0.2) is 4.79 Å². The van der Waals surface area contributed by atoms with Crippen molar-refractivity contribution in [1.29, 1.82) is 0 Å². The molecule has 2 saturated carbocycles. The molecule has 2 amide bonds. The fraction of sp³-hybridized carbons (Fsp3) is 0.875. The van der Waals surface area contributed by atoms with Crippen LogP contribution in [0.4, 0.5) is 4.79 Å². The maximum Gasteiger partial charge on any atom is 0.319 e. The Hall–Kier alpha value is -1.26. The Labute approximate surface area is 126 Å². The molecule has 118 valence electrons. The third-order valence-corrected chi connectivity index (χ3v) is 5.88. The highest BCUT2D eigenvalue weighted by molar-refractivity contribution is 5.77. The lowest BCUT2D eigenvalue weighted by atomic mass is 9.91. The number of nitrogens with zero attached hydrogens (tertiary/aromatic N) is 2. The summed E-state index contributed by atoms with van der Waals surface area (Å²) >= 11 is 0. The normalized spacial score (nSPS) is 27.7. The molecule has 5 nitrogen and oxygen atoms in total. The second-order valence-corrected chi connectivity index (χ2v) is 6.96. The molecule has 0 unspecified atom stereocenters. The summed E-state index contributed by atoms with van der Waals surface area (Å²) in [6, 6.07) is 0.601. The quantitative estimate of drug-likeness (QED) is 0.734. The minimum atomic E-state index is -0.0714. The van der Waals surface area contributed by atoms with Crippen LogP contribution in [0.15, 0.2) is 0 Å². The van der Waals surface area contributed by atoms with Crippen molar-refractivity contribution in [3.63, 3.8) is 0 Å². The molecule has 0 radical (unpaired) electrons. The number of carbonyl (C=O) groups is 2. The van der Waals surface area contributed by atoms with E-state index in [1.54, 1.807) is 0 Å². The van der Waals surface area contributed by atoms with Gasteiger partial charge in [0.05, 0.1) is 13.0 Å². The van der Waals surface area contributed by atoms with Crippen molar-refractivity contribution in [3.05, 3.63) is 0 Å². The van der Waals surface area contributed by atoms with Crippen molar-refractivity contribution in [2.24, 2.45) is 11.3 Å². The van der Waals surface area contributed by atoms with Gasteiger partial charge in [-0.3, -0.25) is 4.79 Å². The first-order valence-electron chi connectivity index (χ1n) is 8.17. The van der Waals surface area contributed by atoms with Gasteiger partial charge < -0.3 is 14.5 Å². The van der Waals surface area contributed by atoms with E-state index in [4.69, 9.17) is 4.74 Å². The van der Waals surface area contributed by atoms with Crippen LogP contribution in [-0.2, 0) is 9.53 Å². The number of piperidine rings is 1. The van der Waals surface area contributed by atoms with E-state index < -0.39 is 0 Å². The molecule has 0 N–H and O–H groups in total. The second kappa shape index (κ2) is 5.50. The number of hydrogen-bond acceptors (Lipinski definition) is 3. The molecule has 5 heteroatoms. The Morgan fingerprint density at radius 2 is 1.81 bits per heavy atom. The average molecular weight is 294 g/mol. The van der Waals surface area contributed by atoms with Crippen LogP contribution in [0.5, 0.6) is 0 Å². The third-order valence-electron chi connectivity index (χ3n) is 5.88. The Balaban J connectivity index is 1.52. The molecule has 1 spiro atoms. The summed E-state index contributed by atoms with van der Waals surface area (Å²) in [6.07, 6.45) is 7.60. The monoisotopic (exact) mass is 294 g/mol. The van der Waals surface area contributed by atoms with Crippen LogP contribution in [0.1, 0.15) is 44.9 Å². The van der Waals surface area contributed by atoms with Crippen LogP contribution in [0.3, 0.4) is 0 Å². The topological polar surface area (TPSA) is 49.9 Å². The zero-order chi connectivity index (χ0) is 15.0. The van der Waals surface area contributed by atoms with E-state index in [1.807, 2.05) is 16.8 Å². The molecule has 1 heterocycles. The van der Waals surface area contributed by atoms with E-state index in [9.17, 15) is 9.59 Å². The first kappa shape index (κ1) is 14.7. The van der Waals surface area contributed by atoms with Crippen molar-refractivity contribution in [3.8, 4) is 0 Å². The summed E-state index contributed by atoms with van der Waals surface area (Å²) in [4.78, 5) is 28.1. The molecule has 3 aliphatic rings. The van der Waals surface area contributed by atoms with Gasteiger partial charge in [-0.1, -0.05) is 12.8 Å². The van der Waals surface area contributed by atoms with Gasteiger partial charge in [-0.05, 0) is 37.5 Å². The van der Waals surface area contributed by atoms with Gasteiger partial charge in [-0.2, -0.15) is 0 Å². The molecule has 21 heavy (non-hydrogen) atoms. The molecule has 1 saturated heterocycles.